The molecule has 0 bridgehead atoms. The predicted octanol–water partition coefficient (Wildman–Crippen LogP) is 28.4. The minimum atomic E-state index is 0.500. The number of rotatable bonds is 2. The van der Waals surface area contributed by atoms with Crippen molar-refractivity contribution in [2.24, 2.45) is 17.3 Å². The standard InChI is InChI=1S/C18H12.C16H10.2C14H10.C10H8.C6H6.3C5H12/c1-2-6-14-10-18-12-16-8-4-3-7-15(16)11-17(18)9-13(14)5-1;1-3-11-7-9-13-5-2-6-14-10-8-12(4-1)15(11)16(13)14;1-3-7-13-11(5-1)9-10-12-6-2-4-8-14(12)13;1-2-6-12-10-14-8-4-3-7-13(14)9-11(12)5-1;1-2-6-10-8-4-3-7-9(10)5-1;1-2-4-6-5-3-1;1-5(2,3)4;2*1-4-5(2)3/h1-12H;1-10H;2*1-10H;1-8H;1-6H;1-4H3;2*5H,4H2,1-3H3. The SMILES string of the molecule is CC(C)(C)C.CCC(C)C.CCC(C)C.c1cc2ccc3cccc4ccc(c1)c2c34.c1ccc2c(c1)ccc1ccccc12.c1ccc2cc3cc4ccccc4cc3cc2c1.c1ccc2cc3ccccc3cc2c1.c1ccc2ccccc2c1.c1ccccc1. The number of fused-ring (bicyclic) bond motifs is 9. The van der Waals surface area contributed by atoms with Crippen LogP contribution in [0.25, 0.3) is 118 Å². The van der Waals surface area contributed by atoms with Crippen LogP contribution in [-0.4, -0.2) is 0 Å². The molecule has 17 aromatic rings. The molecule has 93 heavy (non-hydrogen) atoms. The van der Waals surface area contributed by atoms with Gasteiger partial charge in [-0.1, -0.05) is 385 Å². The quantitative estimate of drug-likeness (QED) is 0.120. The van der Waals surface area contributed by atoms with Crippen LogP contribution in [-0.2, 0) is 0 Å². The van der Waals surface area contributed by atoms with Crippen LogP contribution in [0.2, 0.25) is 0 Å². The van der Waals surface area contributed by atoms with Gasteiger partial charge >= 0.3 is 0 Å². The van der Waals surface area contributed by atoms with Gasteiger partial charge in [-0.25, -0.2) is 0 Å². The second-order valence-corrected chi connectivity index (χ2v) is 26.2. The molecule has 0 N–H and O–H groups in total. The Bertz CT molecular complexity index is 4510. The minimum Gasteiger partial charge on any atom is -0.0651 e. The molecule has 0 atom stereocenters. The van der Waals surface area contributed by atoms with Crippen molar-refractivity contribution >= 4 is 118 Å². The Kier molecular flexibility index (Phi) is 24.4. The topological polar surface area (TPSA) is 0 Å². The molecule has 0 aliphatic carbocycles. The van der Waals surface area contributed by atoms with Crippen molar-refractivity contribution in [1.82, 2.24) is 0 Å². The van der Waals surface area contributed by atoms with E-state index in [4.69, 9.17) is 0 Å². The summed E-state index contributed by atoms with van der Waals surface area (Å²) in [5, 5.41) is 29.2. The molecule has 0 amide bonds. The second-order valence-electron chi connectivity index (χ2n) is 26.2. The summed E-state index contributed by atoms with van der Waals surface area (Å²) in [6.07, 6.45) is 2.61. The maximum atomic E-state index is 2.27. The first-order valence-corrected chi connectivity index (χ1v) is 33.3. The van der Waals surface area contributed by atoms with Crippen molar-refractivity contribution in [2.75, 3.05) is 0 Å². The van der Waals surface area contributed by atoms with Crippen LogP contribution in [0, 0.1) is 17.3 Å². The molecule has 0 fully saturated rings. The smallest absolute Gasteiger partial charge is 0.00268 e. The summed E-state index contributed by atoms with van der Waals surface area (Å²) in [4.78, 5) is 0. The Morgan fingerprint density at radius 3 is 0.570 bits per heavy atom. The van der Waals surface area contributed by atoms with Crippen LogP contribution >= 0.6 is 0 Å². The van der Waals surface area contributed by atoms with E-state index in [0.29, 0.717) is 5.41 Å². The van der Waals surface area contributed by atoms with Crippen LogP contribution in [0.1, 0.15) is 82.1 Å². The predicted molar refractivity (Wildman–Crippen MR) is 418 cm³/mol. The molecule has 0 saturated carbocycles. The fourth-order valence-corrected chi connectivity index (χ4v) is 10.7. The van der Waals surface area contributed by atoms with E-state index in [2.05, 4.69) is 373 Å². The summed E-state index contributed by atoms with van der Waals surface area (Å²) in [7, 11) is 0. The lowest BCUT2D eigenvalue weighted by molar-refractivity contribution is 0.469. The maximum Gasteiger partial charge on any atom is -0.00268 e. The van der Waals surface area contributed by atoms with Crippen molar-refractivity contribution in [3.8, 4) is 0 Å². The van der Waals surface area contributed by atoms with E-state index in [1.165, 1.54) is 131 Å². The lowest BCUT2D eigenvalue weighted by Gasteiger charge is -2.09. The van der Waals surface area contributed by atoms with E-state index in [1.54, 1.807) is 0 Å². The van der Waals surface area contributed by atoms with Gasteiger partial charge in [0.05, 0.1) is 0 Å². The molecule has 0 radical (unpaired) electrons. The summed E-state index contributed by atoms with van der Waals surface area (Å²) in [6, 6.07) is 120. The van der Waals surface area contributed by atoms with E-state index >= 15 is 0 Å². The van der Waals surface area contributed by atoms with Crippen molar-refractivity contribution in [1.29, 1.82) is 0 Å². The Morgan fingerprint density at radius 2 is 0.355 bits per heavy atom. The van der Waals surface area contributed by atoms with Gasteiger partial charge in [-0.15, -0.1) is 0 Å². The van der Waals surface area contributed by atoms with E-state index < -0.39 is 0 Å². The lowest BCUT2D eigenvalue weighted by atomic mass is 9.95. The zero-order valence-corrected chi connectivity index (χ0v) is 56.4. The Hall–Kier alpha value is -10.1. The van der Waals surface area contributed by atoms with Gasteiger partial charge in [-0.05, 0) is 172 Å². The first kappa shape index (κ1) is 67.3. The monoisotopic (exact) mass is 1210 g/mol. The third-order valence-electron chi connectivity index (χ3n) is 16.2. The summed E-state index contributed by atoms with van der Waals surface area (Å²) in [5.74, 6) is 1.77. The van der Waals surface area contributed by atoms with Gasteiger partial charge in [0.15, 0.2) is 0 Å². The molecule has 17 rings (SSSR count). The molecular formula is C93H92. The Labute approximate surface area is 554 Å². The number of benzene rings is 17. The fraction of sp³-hybridized carbons (Fsp3) is 0.161. The third-order valence-corrected chi connectivity index (χ3v) is 16.2. The van der Waals surface area contributed by atoms with E-state index in [9.17, 15) is 0 Å². The summed E-state index contributed by atoms with van der Waals surface area (Å²) >= 11 is 0. The van der Waals surface area contributed by atoms with Crippen molar-refractivity contribution in [2.45, 2.75) is 82.1 Å². The van der Waals surface area contributed by atoms with Crippen LogP contribution in [0.3, 0.4) is 0 Å². The largest absolute Gasteiger partial charge is 0.0651 e. The molecule has 0 aliphatic rings. The van der Waals surface area contributed by atoms with E-state index in [0.717, 1.165) is 11.8 Å². The normalized spacial score (nSPS) is 10.8. The molecule has 0 nitrogen and oxygen atoms in total. The van der Waals surface area contributed by atoms with Gasteiger partial charge in [0.1, 0.15) is 0 Å². The highest BCUT2D eigenvalue weighted by Crippen LogP contribution is 2.34. The van der Waals surface area contributed by atoms with E-state index in [-0.39, 0.29) is 0 Å². The third kappa shape index (κ3) is 19.7. The van der Waals surface area contributed by atoms with Crippen LogP contribution < -0.4 is 0 Å². The first-order valence-electron chi connectivity index (χ1n) is 33.3. The van der Waals surface area contributed by atoms with Gasteiger partial charge in [-0.2, -0.15) is 0 Å². The highest BCUT2D eigenvalue weighted by molar-refractivity contribution is 6.23. The van der Waals surface area contributed by atoms with Crippen molar-refractivity contribution in [3.05, 3.63) is 340 Å². The molecule has 0 saturated heterocycles. The molecule has 0 aromatic heterocycles. The van der Waals surface area contributed by atoms with Crippen molar-refractivity contribution < 1.29 is 0 Å². The molecule has 17 aromatic carbocycles. The van der Waals surface area contributed by atoms with Crippen LogP contribution in [0.15, 0.2) is 340 Å². The van der Waals surface area contributed by atoms with Gasteiger partial charge in [0.25, 0.3) is 0 Å². The zero-order chi connectivity index (χ0) is 65.4. The Morgan fingerprint density at radius 1 is 0.194 bits per heavy atom. The van der Waals surface area contributed by atoms with Crippen LogP contribution in [0.4, 0.5) is 0 Å². The van der Waals surface area contributed by atoms with Gasteiger partial charge in [0, 0.05) is 0 Å². The summed E-state index contributed by atoms with van der Waals surface area (Å²) in [5.41, 5.74) is 0.500. The molecule has 464 valence electrons. The molecular weight excluding hydrogens is 1120 g/mol. The Balaban J connectivity index is 0.000000128. The summed E-state index contributed by atoms with van der Waals surface area (Å²) < 4.78 is 0. The van der Waals surface area contributed by atoms with Gasteiger partial charge in [0.2, 0.25) is 0 Å². The number of hydrogen-bond acceptors (Lipinski definition) is 0. The average Bonchev–Trinajstić information content (AvgIpc) is 0.767. The molecule has 0 aliphatic heterocycles. The number of hydrogen-bond donors (Lipinski definition) is 0. The van der Waals surface area contributed by atoms with Gasteiger partial charge in [-0.3, -0.25) is 0 Å². The zero-order valence-electron chi connectivity index (χ0n) is 56.4. The summed E-state index contributed by atoms with van der Waals surface area (Å²) in [6.45, 7) is 22.0. The minimum absolute atomic E-state index is 0.500. The molecule has 0 unspecified atom stereocenters. The lowest BCUT2D eigenvalue weighted by Crippen LogP contribution is -1.93. The fourth-order valence-electron chi connectivity index (χ4n) is 10.7. The van der Waals surface area contributed by atoms with E-state index in [1.807, 2.05) is 36.4 Å². The molecule has 0 spiro atoms. The van der Waals surface area contributed by atoms with Crippen molar-refractivity contribution in [3.63, 3.8) is 0 Å². The first-order chi connectivity index (χ1) is 45.2. The van der Waals surface area contributed by atoms with Crippen LogP contribution in [0.5, 0.6) is 0 Å². The maximum absolute atomic E-state index is 2.27. The second kappa shape index (κ2) is 33.8. The average molecular weight is 1210 g/mol. The highest BCUT2D eigenvalue weighted by atomic mass is 14.1. The highest BCUT2D eigenvalue weighted by Gasteiger charge is 2.07. The molecule has 0 heterocycles. The molecule has 0 heteroatoms. The van der Waals surface area contributed by atoms with Gasteiger partial charge < -0.3 is 0 Å².